The largest absolute Gasteiger partial charge is 0.298 e. The first kappa shape index (κ1) is 14.6. The van der Waals surface area contributed by atoms with Gasteiger partial charge < -0.3 is 0 Å². The second-order valence-corrected chi connectivity index (χ2v) is 7.38. The smallest absolute Gasteiger partial charge is 0.257 e. The van der Waals surface area contributed by atoms with Crippen LogP contribution in [0.25, 0.3) is 0 Å². The molecule has 1 aromatic carbocycles. The zero-order valence-corrected chi connectivity index (χ0v) is 13.8. The molecule has 1 aliphatic rings. The van der Waals surface area contributed by atoms with Gasteiger partial charge in [0.2, 0.25) is 0 Å². The molecule has 1 atom stereocenters. The number of benzene rings is 1. The standard InChI is InChI=1S/C16H18N2OS2/c1-10-3-8-13-14(9-10)21-16(17-13)18-15(19)11-4-6-12(20-2)7-5-11/h4-7,10H,3,8-9H2,1-2H3,(H,17,18,19). The van der Waals surface area contributed by atoms with Crippen LogP contribution in [0.2, 0.25) is 0 Å². The van der Waals surface area contributed by atoms with E-state index in [1.807, 2.05) is 30.5 Å². The van der Waals surface area contributed by atoms with Gasteiger partial charge in [-0.3, -0.25) is 10.1 Å². The molecule has 2 aromatic rings. The number of rotatable bonds is 3. The van der Waals surface area contributed by atoms with E-state index in [4.69, 9.17) is 0 Å². The molecular weight excluding hydrogens is 300 g/mol. The Morgan fingerprint density at radius 1 is 1.38 bits per heavy atom. The van der Waals surface area contributed by atoms with Crippen LogP contribution in [0.3, 0.4) is 0 Å². The van der Waals surface area contributed by atoms with Crippen LogP contribution in [0.1, 0.15) is 34.3 Å². The van der Waals surface area contributed by atoms with Gasteiger partial charge in [0.25, 0.3) is 5.91 Å². The molecular formula is C16H18N2OS2. The third-order valence-corrected chi connectivity index (χ3v) is 5.54. The Morgan fingerprint density at radius 3 is 2.86 bits per heavy atom. The first-order valence-electron chi connectivity index (χ1n) is 7.09. The lowest BCUT2D eigenvalue weighted by Gasteiger charge is -2.15. The molecule has 0 aliphatic heterocycles. The molecule has 5 heteroatoms. The van der Waals surface area contributed by atoms with E-state index in [2.05, 4.69) is 17.2 Å². The molecule has 1 unspecified atom stereocenters. The minimum Gasteiger partial charge on any atom is -0.298 e. The van der Waals surface area contributed by atoms with Crippen LogP contribution in [-0.2, 0) is 12.8 Å². The van der Waals surface area contributed by atoms with Crippen LogP contribution in [0.15, 0.2) is 29.2 Å². The van der Waals surface area contributed by atoms with E-state index in [1.165, 1.54) is 17.0 Å². The maximum Gasteiger partial charge on any atom is 0.257 e. The SMILES string of the molecule is CSc1ccc(C(=O)Nc2nc3c(s2)CC(C)CC3)cc1. The predicted molar refractivity (Wildman–Crippen MR) is 89.5 cm³/mol. The Balaban J connectivity index is 1.72. The number of hydrogen-bond acceptors (Lipinski definition) is 4. The van der Waals surface area contributed by atoms with Gasteiger partial charge in [0.1, 0.15) is 0 Å². The van der Waals surface area contributed by atoms with Gasteiger partial charge in [0, 0.05) is 15.3 Å². The van der Waals surface area contributed by atoms with Crippen molar-refractivity contribution in [3.63, 3.8) is 0 Å². The number of nitrogens with zero attached hydrogens (tertiary/aromatic N) is 1. The summed E-state index contributed by atoms with van der Waals surface area (Å²) in [6.45, 7) is 2.27. The van der Waals surface area contributed by atoms with E-state index in [9.17, 15) is 4.79 Å². The summed E-state index contributed by atoms with van der Waals surface area (Å²) in [5.41, 5.74) is 1.85. The Labute approximate surface area is 133 Å². The first-order chi connectivity index (χ1) is 10.2. The monoisotopic (exact) mass is 318 g/mol. The van der Waals surface area contributed by atoms with Crippen molar-refractivity contribution in [2.24, 2.45) is 5.92 Å². The number of aryl methyl sites for hydroxylation is 1. The van der Waals surface area contributed by atoms with Gasteiger partial charge >= 0.3 is 0 Å². The number of aromatic nitrogens is 1. The van der Waals surface area contributed by atoms with E-state index in [-0.39, 0.29) is 5.91 Å². The quantitative estimate of drug-likeness (QED) is 0.861. The van der Waals surface area contributed by atoms with Crippen molar-refractivity contribution < 1.29 is 4.79 Å². The van der Waals surface area contributed by atoms with E-state index in [1.54, 1.807) is 23.1 Å². The summed E-state index contributed by atoms with van der Waals surface area (Å²) in [6.07, 6.45) is 5.34. The average molecular weight is 318 g/mol. The normalized spacial score (nSPS) is 17.3. The summed E-state index contributed by atoms with van der Waals surface area (Å²) in [5, 5.41) is 3.66. The fraction of sp³-hybridized carbons (Fsp3) is 0.375. The minimum absolute atomic E-state index is 0.0817. The number of amides is 1. The summed E-state index contributed by atoms with van der Waals surface area (Å²) in [6, 6.07) is 7.65. The Bertz CT molecular complexity index is 649. The molecule has 21 heavy (non-hydrogen) atoms. The van der Waals surface area contributed by atoms with Gasteiger partial charge in [-0.2, -0.15) is 0 Å². The van der Waals surface area contributed by atoms with Gasteiger partial charge in [-0.25, -0.2) is 4.98 Å². The van der Waals surface area contributed by atoms with Crippen LogP contribution >= 0.6 is 23.1 Å². The Kier molecular flexibility index (Phi) is 4.31. The third-order valence-electron chi connectivity index (χ3n) is 3.76. The van der Waals surface area contributed by atoms with Crippen LogP contribution in [0.5, 0.6) is 0 Å². The van der Waals surface area contributed by atoms with E-state index < -0.39 is 0 Å². The molecule has 1 N–H and O–H groups in total. The van der Waals surface area contributed by atoms with Crippen molar-refractivity contribution >= 4 is 34.1 Å². The van der Waals surface area contributed by atoms with Crippen molar-refractivity contribution in [1.29, 1.82) is 0 Å². The summed E-state index contributed by atoms with van der Waals surface area (Å²) >= 11 is 3.29. The molecule has 3 rings (SSSR count). The van der Waals surface area contributed by atoms with Crippen LogP contribution < -0.4 is 5.32 Å². The van der Waals surface area contributed by atoms with Gasteiger partial charge in [-0.05, 0) is 55.7 Å². The van der Waals surface area contributed by atoms with Gasteiger partial charge in [-0.1, -0.05) is 6.92 Å². The molecule has 0 spiro atoms. The summed E-state index contributed by atoms with van der Waals surface area (Å²) in [7, 11) is 0. The zero-order chi connectivity index (χ0) is 14.8. The Morgan fingerprint density at radius 2 is 2.14 bits per heavy atom. The van der Waals surface area contributed by atoms with Crippen molar-refractivity contribution in [2.75, 3.05) is 11.6 Å². The number of thiazole rings is 1. The van der Waals surface area contributed by atoms with Crippen molar-refractivity contribution in [1.82, 2.24) is 4.98 Å². The van der Waals surface area contributed by atoms with Gasteiger partial charge in [0.05, 0.1) is 5.69 Å². The van der Waals surface area contributed by atoms with Crippen molar-refractivity contribution in [3.05, 3.63) is 40.4 Å². The summed E-state index contributed by atoms with van der Waals surface area (Å²) in [4.78, 5) is 19.3. The first-order valence-corrected chi connectivity index (χ1v) is 9.14. The Hall–Kier alpha value is -1.33. The number of anilines is 1. The van der Waals surface area contributed by atoms with Crippen LogP contribution in [0.4, 0.5) is 5.13 Å². The lowest BCUT2D eigenvalue weighted by Crippen LogP contribution is -2.11. The molecule has 1 aromatic heterocycles. The number of carbonyl (C=O) groups is 1. The highest BCUT2D eigenvalue weighted by molar-refractivity contribution is 7.98. The van der Waals surface area contributed by atoms with Crippen LogP contribution in [0, 0.1) is 5.92 Å². The number of hydrogen-bond donors (Lipinski definition) is 1. The van der Waals surface area contributed by atoms with Gasteiger partial charge in [0.15, 0.2) is 5.13 Å². The number of nitrogens with one attached hydrogen (secondary N) is 1. The predicted octanol–water partition coefficient (Wildman–Crippen LogP) is 4.24. The van der Waals surface area contributed by atoms with E-state index >= 15 is 0 Å². The minimum atomic E-state index is -0.0817. The van der Waals surface area contributed by atoms with Crippen LogP contribution in [-0.4, -0.2) is 17.1 Å². The second-order valence-electron chi connectivity index (χ2n) is 5.42. The number of carbonyl (C=O) groups excluding carboxylic acids is 1. The molecule has 1 amide bonds. The summed E-state index contributed by atoms with van der Waals surface area (Å²) < 4.78 is 0. The van der Waals surface area contributed by atoms with Gasteiger partial charge in [-0.15, -0.1) is 23.1 Å². The maximum atomic E-state index is 12.2. The maximum absolute atomic E-state index is 12.2. The lowest BCUT2D eigenvalue weighted by molar-refractivity contribution is 0.102. The van der Waals surface area contributed by atoms with Crippen molar-refractivity contribution in [2.45, 2.75) is 31.1 Å². The topological polar surface area (TPSA) is 42.0 Å². The molecule has 0 fully saturated rings. The highest BCUT2D eigenvalue weighted by Gasteiger charge is 2.20. The molecule has 1 aliphatic carbocycles. The summed E-state index contributed by atoms with van der Waals surface area (Å²) in [5.74, 6) is 0.641. The molecule has 0 radical (unpaired) electrons. The highest BCUT2D eigenvalue weighted by Crippen LogP contribution is 2.32. The fourth-order valence-corrected chi connectivity index (χ4v) is 4.08. The molecule has 0 bridgehead atoms. The van der Waals surface area contributed by atoms with Crippen molar-refractivity contribution in [3.8, 4) is 0 Å². The molecule has 0 saturated heterocycles. The fourth-order valence-electron chi connectivity index (χ4n) is 2.50. The molecule has 1 heterocycles. The second kappa shape index (κ2) is 6.20. The molecule has 0 saturated carbocycles. The molecule has 110 valence electrons. The highest BCUT2D eigenvalue weighted by atomic mass is 32.2. The lowest BCUT2D eigenvalue weighted by atomic mass is 9.93. The number of fused-ring (bicyclic) bond motifs is 1. The molecule has 3 nitrogen and oxygen atoms in total. The average Bonchev–Trinajstić information content (AvgIpc) is 2.88. The van der Waals surface area contributed by atoms with E-state index in [0.29, 0.717) is 5.56 Å². The third kappa shape index (κ3) is 3.30. The number of thioether (sulfide) groups is 1. The van der Waals surface area contributed by atoms with E-state index in [0.717, 1.165) is 28.8 Å². The zero-order valence-electron chi connectivity index (χ0n) is 12.2.